The third kappa shape index (κ3) is 2.29. The van der Waals surface area contributed by atoms with Crippen molar-refractivity contribution in [3.63, 3.8) is 0 Å². The van der Waals surface area contributed by atoms with Gasteiger partial charge in [-0.25, -0.2) is 0 Å². The van der Waals surface area contributed by atoms with Crippen LogP contribution in [0.5, 0.6) is 0 Å². The maximum atomic E-state index is 11.9. The Morgan fingerprint density at radius 1 is 1.62 bits per heavy atom. The minimum atomic E-state index is -0.492. The first-order valence-corrected chi connectivity index (χ1v) is 6.57. The first-order valence-electron chi connectivity index (χ1n) is 4.97. The fraction of sp³-hybridized carbons (Fsp3) is 0.500. The van der Waals surface area contributed by atoms with Crippen LogP contribution < -0.4 is 11.1 Å². The molecule has 1 amide bonds. The van der Waals surface area contributed by atoms with Crippen molar-refractivity contribution in [2.45, 2.75) is 6.54 Å². The number of nitrogens with one attached hydrogen (secondary N) is 1. The quantitative estimate of drug-likeness (QED) is 0.875. The summed E-state index contributed by atoms with van der Waals surface area (Å²) in [5.74, 6) is -0.00854. The summed E-state index contributed by atoms with van der Waals surface area (Å²) in [6.07, 6.45) is 0. The zero-order valence-corrected chi connectivity index (χ0v) is 11.1. The molecule has 0 bridgehead atoms. The third-order valence-corrected chi connectivity index (χ3v) is 4.30. The van der Waals surface area contributed by atoms with Crippen molar-refractivity contribution < 1.29 is 9.53 Å². The van der Waals surface area contributed by atoms with Crippen molar-refractivity contribution in [2.24, 2.45) is 11.1 Å². The molecule has 1 aliphatic rings. The number of halogens is 1. The summed E-state index contributed by atoms with van der Waals surface area (Å²) in [4.78, 5) is 13.0. The van der Waals surface area contributed by atoms with E-state index in [9.17, 15) is 4.79 Å². The van der Waals surface area contributed by atoms with Crippen LogP contribution in [0.3, 0.4) is 0 Å². The van der Waals surface area contributed by atoms with E-state index in [1.165, 1.54) is 0 Å². The monoisotopic (exact) mass is 304 g/mol. The molecule has 3 N–H and O–H groups in total. The van der Waals surface area contributed by atoms with Crippen LogP contribution in [0, 0.1) is 5.41 Å². The molecule has 1 saturated heterocycles. The smallest absolute Gasteiger partial charge is 0.232 e. The Kier molecular flexibility index (Phi) is 3.63. The van der Waals surface area contributed by atoms with Gasteiger partial charge in [0.05, 0.1) is 23.5 Å². The lowest BCUT2D eigenvalue weighted by Crippen LogP contribution is -2.58. The second-order valence-electron chi connectivity index (χ2n) is 3.87. The van der Waals surface area contributed by atoms with Gasteiger partial charge in [0.1, 0.15) is 5.41 Å². The normalized spacial score (nSPS) is 17.9. The van der Waals surface area contributed by atoms with Crippen LogP contribution in [0.1, 0.15) is 4.88 Å². The summed E-state index contributed by atoms with van der Waals surface area (Å²) in [6.45, 7) is 1.76. The number of hydrogen-bond donors (Lipinski definition) is 2. The van der Waals surface area contributed by atoms with Gasteiger partial charge in [-0.2, -0.15) is 0 Å². The SMILES string of the molecule is NCC1(C(=O)NCc2ccc(Br)s2)COC1. The molecule has 0 aliphatic carbocycles. The number of amides is 1. The third-order valence-electron chi connectivity index (χ3n) is 2.68. The predicted molar refractivity (Wildman–Crippen MR) is 66.2 cm³/mol. The molecule has 0 unspecified atom stereocenters. The highest BCUT2D eigenvalue weighted by atomic mass is 79.9. The average Bonchev–Trinajstić information content (AvgIpc) is 2.60. The highest BCUT2D eigenvalue weighted by Crippen LogP contribution is 2.27. The molecule has 6 heteroatoms. The van der Waals surface area contributed by atoms with Crippen LogP contribution in [-0.4, -0.2) is 25.7 Å². The lowest BCUT2D eigenvalue weighted by atomic mass is 9.85. The second kappa shape index (κ2) is 4.83. The van der Waals surface area contributed by atoms with Crippen molar-refractivity contribution in [3.8, 4) is 0 Å². The molecule has 1 aromatic heterocycles. The molecule has 0 atom stereocenters. The van der Waals surface area contributed by atoms with Crippen molar-refractivity contribution in [3.05, 3.63) is 20.8 Å². The van der Waals surface area contributed by atoms with Crippen LogP contribution in [0.4, 0.5) is 0 Å². The van der Waals surface area contributed by atoms with Gasteiger partial charge in [-0.15, -0.1) is 11.3 Å². The van der Waals surface area contributed by atoms with Crippen LogP contribution >= 0.6 is 27.3 Å². The van der Waals surface area contributed by atoms with Crippen LogP contribution in [-0.2, 0) is 16.1 Å². The molecule has 2 rings (SSSR count). The maximum Gasteiger partial charge on any atom is 0.232 e. The zero-order valence-electron chi connectivity index (χ0n) is 8.66. The summed E-state index contributed by atoms with van der Waals surface area (Å²) in [5, 5.41) is 2.90. The summed E-state index contributed by atoms with van der Waals surface area (Å²) >= 11 is 5.00. The maximum absolute atomic E-state index is 11.9. The standard InChI is InChI=1S/C10H13BrN2O2S/c11-8-2-1-7(16-8)3-13-9(14)10(4-12)5-15-6-10/h1-2H,3-6,12H2,(H,13,14). The molecule has 0 radical (unpaired) electrons. The highest BCUT2D eigenvalue weighted by molar-refractivity contribution is 9.11. The second-order valence-corrected chi connectivity index (χ2v) is 6.41. The minimum absolute atomic E-state index is 0.00854. The Labute approximate surface area is 106 Å². The van der Waals surface area contributed by atoms with Gasteiger partial charge in [0.25, 0.3) is 0 Å². The minimum Gasteiger partial charge on any atom is -0.379 e. The molecular formula is C10H13BrN2O2S. The van der Waals surface area contributed by atoms with Crippen LogP contribution in [0.15, 0.2) is 15.9 Å². The lowest BCUT2D eigenvalue weighted by Gasteiger charge is -2.38. The lowest BCUT2D eigenvalue weighted by molar-refractivity contribution is -0.159. The number of carbonyl (C=O) groups excluding carboxylic acids is 1. The van der Waals surface area contributed by atoms with Crippen molar-refractivity contribution >= 4 is 33.2 Å². The summed E-state index contributed by atoms with van der Waals surface area (Å²) in [6, 6.07) is 3.96. The van der Waals surface area contributed by atoms with E-state index < -0.39 is 5.41 Å². The summed E-state index contributed by atoms with van der Waals surface area (Å²) < 4.78 is 6.13. The van der Waals surface area contributed by atoms with E-state index in [0.29, 0.717) is 26.3 Å². The van der Waals surface area contributed by atoms with Crippen molar-refractivity contribution in [2.75, 3.05) is 19.8 Å². The molecule has 0 spiro atoms. The molecular weight excluding hydrogens is 292 g/mol. The van der Waals surface area contributed by atoms with Crippen molar-refractivity contribution in [1.29, 1.82) is 0 Å². The fourth-order valence-corrected chi connectivity index (χ4v) is 2.91. The Bertz CT molecular complexity index is 384. The molecule has 0 aromatic carbocycles. The Hall–Kier alpha value is -0.430. The van der Waals surface area contributed by atoms with E-state index >= 15 is 0 Å². The average molecular weight is 305 g/mol. The van der Waals surface area contributed by atoms with Gasteiger partial charge in [-0.1, -0.05) is 0 Å². The Morgan fingerprint density at radius 3 is 2.81 bits per heavy atom. The van der Waals surface area contributed by atoms with Gasteiger partial charge in [0, 0.05) is 11.4 Å². The van der Waals surface area contributed by atoms with Gasteiger partial charge in [-0.3, -0.25) is 4.79 Å². The van der Waals surface area contributed by atoms with Crippen LogP contribution in [0.2, 0.25) is 0 Å². The number of carbonyl (C=O) groups is 1. The summed E-state index contributed by atoms with van der Waals surface area (Å²) in [5.41, 5.74) is 5.11. The summed E-state index contributed by atoms with van der Waals surface area (Å²) in [7, 11) is 0. The topological polar surface area (TPSA) is 64.4 Å². The van der Waals surface area contributed by atoms with E-state index in [1.54, 1.807) is 11.3 Å². The zero-order chi connectivity index (χ0) is 11.6. The van der Waals surface area contributed by atoms with Gasteiger partial charge in [0.15, 0.2) is 0 Å². The molecule has 4 nitrogen and oxygen atoms in total. The van der Waals surface area contributed by atoms with E-state index in [0.717, 1.165) is 8.66 Å². The Morgan fingerprint density at radius 2 is 2.38 bits per heavy atom. The van der Waals surface area contributed by atoms with Crippen molar-refractivity contribution in [1.82, 2.24) is 5.32 Å². The number of hydrogen-bond acceptors (Lipinski definition) is 4. The number of thiophene rings is 1. The fourth-order valence-electron chi connectivity index (χ4n) is 1.49. The number of nitrogens with two attached hydrogens (primary N) is 1. The number of ether oxygens (including phenoxy) is 1. The van der Waals surface area contributed by atoms with Crippen LogP contribution in [0.25, 0.3) is 0 Å². The predicted octanol–water partition coefficient (Wildman–Crippen LogP) is 1.10. The number of rotatable bonds is 4. The molecule has 0 saturated carbocycles. The Balaban J connectivity index is 1.88. The molecule has 16 heavy (non-hydrogen) atoms. The molecule has 1 fully saturated rings. The van der Waals surface area contributed by atoms with Gasteiger partial charge in [0.2, 0.25) is 5.91 Å². The van der Waals surface area contributed by atoms with Gasteiger partial charge >= 0.3 is 0 Å². The molecule has 2 heterocycles. The first kappa shape index (κ1) is 12.0. The highest BCUT2D eigenvalue weighted by Gasteiger charge is 2.44. The molecule has 88 valence electrons. The van der Waals surface area contributed by atoms with E-state index in [-0.39, 0.29) is 5.91 Å². The molecule has 1 aromatic rings. The van der Waals surface area contributed by atoms with E-state index in [4.69, 9.17) is 10.5 Å². The van der Waals surface area contributed by atoms with E-state index in [1.807, 2.05) is 12.1 Å². The first-order chi connectivity index (χ1) is 7.66. The van der Waals surface area contributed by atoms with E-state index in [2.05, 4.69) is 21.2 Å². The molecule has 1 aliphatic heterocycles. The largest absolute Gasteiger partial charge is 0.379 e. The van der Waals surface area contributed by atoms with Gasteiger partial charge in [-0.05, 0) is 28.1 Å². The van der Waals surface area contributed by atoms with Gasteiger partial charge < -0.3 is 15.8 Å².